The van der Waals surface area contributed by atoms with E-state index in [9.17, 15) is 0 Å². The van der Waals surface area contributed by atoms with Crippen molar-refractivity contribution in [2.45, 2.75) is 12.7 Å². The van der Waals surface area contributed by atoms with E-state index < -0.39 is 0 Å². The smallest absolute Gasteiger partial charge is 0.158 e. The zero-order valence-corrected chi connectivity index (χ0v) is 10.9. The molecule has 18 heavy (non-hydrogen) atoms. The fourth-order valence-electron chi connectivity index (χ4n) is 1.62. The van der Waals surface area contributed by atoms with Gasteiger partial charge < -0.3 is 19.5 Å². The van der Waals surface area contributed by atoms with E-state index in [0.29, 0.717) is 49.8 Å². The molecule has 6 nitrogen and oxygen atoms in total. The summed E-state index contributed by atoms with van der Waals surface area (Å²) in [5.41, 5.74) is 0. The maximum absolute atomic E-state index is 5.90. The van der Waals surface area contributed by atoms with Gasteiger partial charge in [0.15, 0.2) is 5.82 Å². The number of rotatable bonds is 5. The zero-order valence-electron chi connectivity index (χ0n) is 10.2. The molecular formula is C11H16ClN3O3. The van der Waals surface area contributed by atoms with Crippen LogP contribution in [-0.4, -0.2) is 49.5 Å². The molecule has 1 aliphatic heterocycles. The van der Waals surface area contributed by atoms with Gasteiger partial charge in [0.05, 0.1) is 25.9 Å². The minimum Gasteiger partial charge on any atom is -0.377 e. The molecule has 100 valence electrons. The Morgan fingerprint density at radius 2 is 2.39 bits per heavy atom. The topological polar surface area (TPSA) is 65.5 Å². The molecule has 1 fully saturated rings. The average molecular weight is 274 g/mol. The van der Waals surface area contributed by atoms with Crippen molar-refractivity contribution < 1.29 is 14.2 Å². The van der Waals surface area contributed by atoms with Crippen LogP contribution in [0.2, 0.25) is 5.15 Å². The van der Waals surface area contributed by atoms with Crippen LogP contribution >= 0.6 is 11.6 Å². The molecule has 0 amide bonds. The van der Waals surface area contributed by atoms with E-state index in [-0.39, 0.29) is 6.10 Å². The minimum absolute atomic E-state index is 0.0402. The summed E-state index contributed by atoms with van der Waals surface area (Å²) in [6, 6.07) is 1.67. The number of nitrogens with zero attached hydrogens (tertiary/aromatic N) is 2. The van der Waals surface area contributed by atoms with Crippen LogP contribution in [0.15, 0.2) is 6.07 Å². The SMILES string of the molecule is COCc1nc(Cl)cc(NCC2COCCO2)n1. The van der Waals surface area contributed by atoms with Crippen molar-refractivity contribution in [2.75, 3.05) is 38.8 Å². The van der Waals surface area contributed by atoms with Crippen molar-refractivity contribution in [3.63, 3.8) is 0 Å². The molecule has 7 heteroatoms. The summed E-state index contributed by atoms with van der Waals surface area (Å²) in [6.07, 6.45) is 0.0402. The van der Waals surface area contributed by atoms with E-state index in [1.54, 1.807) is 13.2 Å². The van der Waals surface area contributed by atoms with Crippen LogP contribution < -0.4 is 5.32 Å². The molecule has 1 unspecified atom stereocenters. The van der Waals surface area contributed by atoms with Gasteiger partial charge in [-0.1, -0.05) is 11.6 Å². The van der Waals surface area contributed by atoms with Crippen molar-refractivity contribution in [3.8, 4) is 0 Å². The highest BCUT2D eigenvalue weighted by Crippen LogP contribution is 2.12. The second-order valence-corrected chi connectivity index (χ2v) is 4.26. The van der Waals surface area contributed by atoms with Crippen LogP contribution in [0.1, 0.15) is 5.82 Å². The van der Waals surface area contributed by atoms with Crippen LogP contribution in [0.3, 0.4) is 0 Å². The lowest BCUT2D eigenvalue weighted by molar-refractivity contribution is -0.0819. The first-order valence-corrected chi connectivity index (χ1v) is 6.11. The van der Waals surface area contributed by atoms with Gasteiger partial charge in [0.25, 0.3) is 0 Å². The van der Waals surface area contributed by atoms with E-state index >= 15 is 0 Å². The van der Waals surface area contributed by atoms with Crippen molar-refractivity contribution in [3.05, 3.63) is 17.0 Å². The van der Waals surface area contributed by atoms with Gasteiger partial charge in [-0.15, -0.1) is 0 Å². The molecule has 2 heterocycles. The average Bonchev–Trinajstić information content (AvgIpc) is 2.37. The molecule has 0 saturated carbocycles. The Balaban J connectivity index is 1.91. The summed E-state index contributed by atoms with van der Waals surface area (Å²) in [7, 11) is 1.59. The summed E-state index contributed by atoms with van der Waals surface area (Å²) in [6.45, 7) is 2.84. The zero-order chi connectivity index (χ0) is 12.8. The Labute approximate surface area is 111 Å². The number of anilines is 1. The standard InChI is InChI=1S/C11H16ClN3O3/c1-16-7-11-14-9(12)4-10(15-11)13-5-8-6-17-2-3-18-8/h4,8H,2-3,5-7H2,1H3,(H,13,14,15). The largest absolute Gasteiger partial charge is 0.377 e. The molecule has 0 bridgehead atoms. The molecule has 2 rings (SSSR count). The van der Waals surface area contributed by atoms with Crippen molar-refractivity contribution in [1.29, 1.82) is 0 Å². The molecule has 1 aromatic heterocycles. The number of hydrogen-bond donors (Lipinski definition) is 1. The number of aromatic nitrogens is 2. The predicted octanol–water partition coefficient (Wildman–Crippen LogP) is 1.10. The molecule has 0 aliphatic carbocycles. The predicted molar refractivity (Wildman–Crippen MR) is 66.8 cm³/mol. The third kappa shape index (κ3) is 4.06. The number of halogens is 1. The molecule has 1 aliphatic rings. The summed E-state index contributed by atoms with van der Waals surface area (Å²) in [5, 5.41) is 3.55. The normalized spacial score (nSPS) is 19.8. The first-order valence-electron chi connectivity index (χ1n) is 5.73. The van der Waals surface area contributed by atoms with E-state index in [0.717, 1.165) is 0 Å². The van der Waals surface area contributed by atoms with Gasteiger partial charge in [0.2, 0.25) is 0 Å². The van der Waals surface area contributed by atoms with Crippen molar-refractivity contribution >= 4 is 17.4 Å². The lowest BCUT2D eigenvalue weighted by Crippen LogP contribution is -2.34. The molecular weight excluding hydrogens is 258 g/mol. The first kappa shape index (κ1) is 13.5. The van der Waals surface area contributed by atoms with Crippen LogP contribution in [0, 0.1) is 0 Å². The monoisotopic (exact) mass is 273 g/mol. The number of methoxy groups -OCH3 is 1. The van der Waals surface area contributed by atoms with Crippen molar-refractivity contribution in [1.82, 2.24) is 9.97 Å². The first-order chi connectivity index (χ1) is 8.78. The number of hydrogen-bond acceptors (Lipinski definition) is 6. The quantitative estimate of drug-likeness (QED) is 0.811. The van der Waals surface area contributed by atoms with Gasteiger partial charge in [-0.3, -0.25) is 0 Å². The second-order valence-electron chi connectivity index (χ2n) is 3.87. The van der Waals surface area contributed by atoms with Gasteiger partial charge in [0.1, 0.15) is 17.6 Å². The highest BCUT2D eigenvalue weighted by Gasteiger charge is 2.14. The van der Waals surface area contributed by atoms with E-state index in [2.05, 4.69) is 15.3 Å². The summed E-state index contributed by atoms with van der Waals surface area (Å²) in [4.78, 5) is 8.33. The van der Waals surface area contributed by atoms with E-state index in [1.807, 2.05) is 0 Å². The Morgan fingerprint density at radius 1 is 1.50 bits per heavy atom. The molecule has 1 atom stereocenters. The maximum atomic E-state index is 5.90. The van der Waals surface area contributed by atoms with Crippen LogP contribution in [-0.2, 0) is 20.8 Å². The van der Waals surface area contributed by atoms with Gasteiger partial charge >= 0.3 is 0 Å². The highest BCUT2D eigenvalue weighted by atomic mass is 35.5. The number of nitrogens with one attached hydrogen (secondary N) is 1. The lowest BCUT2D eigenvalue weighted by atomic mass is 10.3. The molecule has 0 aromatic carbocycles. The maximum Gasteiger partial charge on any atom is 0.158 e. The second kappa shape index (κ2) is 6.84. The van der Waals surface area contributed by atoms with Crippen molar-refractivity contribution in [2.24, 2.45) is 0 Å². The Kier molecular flexibility index (Phi) is 5.12. The molecule has 0 radical (unpaired) electrons. The minimum atomic E-state index is 0.0402. The van der Waals surface area contributed by atoms with Gasteiger partial charge in [-0.05, 0) is 0 Å². The molecule has 1 N–H and O–H groups in total. The van der Waals surface area contributed by atoms with Gasteiger partial charge in [-0.25, -0.2) is 9.97 Å². The third-order valence-corrected chi connectivity index (χ3v) is 2.60. The summed E-state index contributed by atoms with van der Waals surface area (Å²) in [5.74, 6) is 1.21. The third-order valence-electron chi connectivity index (χ3n) is 2.41. The molecule has 0 spiro atoms. The molecule has 1 saturated heterocycles. The molecule has 1 aromatic rings. The van der Waals surface area contributed by atoms with Crippen LogP contribution in [0.4, 0.5) is 5.82 Å². The van der Waals surface area contributed by atoms with E-state index in [4.69, 9.17) is 25.8 Å². The summed E-state index contributed by atoms with van der Waals surface area (Å²) < 4.78 is 15.8. The summed E-state index contributed by atoms with van der Waals surface area (Å²) >= 11 is 5.90. The highest BCUT2D eigenvalue weighted by molar-refractivity contribution is 6.29. The van der Waals surface area contributed by atoms with Crippen LogP contribution in [0.5, 0.6) is 0 Å². The Bertz CT molecular complexity index is 386. The van der Waals surface area contributed by atoms with Gasteiger partial charge in [-0.2, -0.15) is 0 Å². The lowest BCUT2D eigenvalue weighted by Gasteiger charge is -2.23. The number of ether oxygens (including phenoxy) is 3. The van der Waals surface area contributed by atoms with E-state index in [1.165, 1.54) is 0 Å². The Morgan fingerprint density at radius 3 is 3.11 bits per heavy atom. The van der Waals surface area contributed by atoms with Gasteiger partial charge in [0, 0.05) is 19.7 Å². The Hall–Kier alpha value is -0.950. The van der Waals surface area contributed by atoms with Crippen LogP contribution in [0.25, 0.3) is 0 Å². The fraction of sp³-hybridized carbons (Fsp3) is 0.636. The fourth-order valence-corrected chi connectivity index (χ4v) is 1.82.